The Kier molecular flexibility index (Phi) is 3.80. The second-order valence-electron chi connectivity index (χ2n) is 4.82. The largest absolute Gasteiger partial charge is 0.453 e. The van der Waals surface area contributed by atoms with Crippen LogP contribution >= 0.6 is 11.3 Å². The molecule has 0 aromatic carbocycles. The highest BCUT2D eigenvalue weighted by Crippen LogP contribution is 2.28. The highest BCUT2D eigenvalue weighted by atomic mass is 32.1. The number of fused-ring (bicyclic) bond motifs is 1. The van der Waals surface area contributed by atoms with Gasteiger partial charge in [-0.1, -0.05) is 16.5 Å². The Labute approximate surface area is 130 Å². The second kappa shape index (κ2) is 5.76. The number of rotatable bonds is 2. The molecular formula is C13H14N4O4S. The number of hydrogen-bond donors (Lipinski definition) is 1. The number of ether oxygens (including phenoxy) is 1. The van der Waals surface area contributed by atoms with Gasteiger partial charge in [-0.05, 0) is 6.92 Å². The summed E-state index contributed by atoms with van der Waals surface area (Å²) in [7, 11) is 1.36. The first-order valence-electron chi connectivity index (χ1n) is 6.63. The summed E-state index contributed by atoms with van der Waals surface area (Å²) in [5.41, 5.74) is 1.53. The summed E-state index contributed by atoms with van der Waals surface area (Å²) in [6.07, 6.45) is 0.278. The molecule has 2 aromatic heterocycles. The molecule has 8 nitrogen and oxygen atoms in total. The van der Waals surface area contributed by atoms with Crippen LogP contribution in [0.25, 0.3) is 0 Å². The van der Waals surface area contributed by atoms with Gasteiger partial charge in [-0.25, -0.2) is 9.78 Å². The molecule has 0 bridgehead atoms. The van der Waals surface area contributed by atoms with Gasteiger partial charge in [-0.3, -0.25) is 10.1 Å². The SMILES string of the molecule is COC(=O)N1CCc2nc(NC(=O)c3cc(C)no3)sc2C1. The van der Waals surface area contributed by atoms with Crippen LogP contribution in [0.2, 0.25) is 0 Å². The van der Waals surface area contributed by atoms with Crippen molar-refractivity contribution < 1.29 is 18.8 Å². The van der Waals surface area contributed by atoms with Crippen molar-refractivity contribution >= 4 is 28.5 Å². The maximum Gasteiger partial charge on any atom is 0.409 e. The van der Waals surface area contributed by atoms with Crippen molar-refractivity contribution in [3.63, 3.8) is 0 Å². The Morgan fingerprint density at radius 2 is 2.32 bits per heavy atom. The lowest BCUT2D eigenvalue weighted by Gasteiger charge is -2.24. The van der Waals surface area contributed by atoms with E-state index in [1.165, 1.54) is 18.4 Å². The lowest BCUT2D eigenvalue weighted by Crippen LogP contribution is -2.35. The molecule has 0 aliphatic carbocycles. The van der Waals surface area contributed by atoms with Crippen molar-refractivity contribution in [2.45, 2.75) is 19.9 Å². The zero-order chi connectivity index (χ0) is 15.7. The minimum atomic E-state index is -0.392. The lowest BCUT2D eigenvalue weighted by atomic mass is 10.2. The number of aromatic nitrogens is 2. The first-order valence-corrected chi connectivity index (χ1v) is 7.44. The highest BCUT2D eigenvalue weighted by molar-refractivity contribution is 7.15. The van der Waals surface area contributed by atoms with Crippen molar-refractivity contribution in [2.75, 3.05) is 19.0 Å². The maximum atomic E-state index is 12.0. The van der Waals surface area contributed by atoms with Crippen LogP contribution in [-0.2, 0) is 17.7 Å². The summed E-state index contributed by atoms with van der Waals surface area (Å²) < 4.78 is 9.63. The lowest BCUT2D eigenvalue weighted by molar-refractivity contribution is 0.0987. The number of anilines is 1. The Morgan fingerprint density at radius 1 is 1.50 bits per heavy atom. The normalized spacial score (nSPS) is 13.6. The maximum absolute atomic E-state index is 12.0. The molecule has 3 heterocycles. The molecule has 116 valence electrons. The summed E-state index contributed by atoms with van der Waals surface area (Å²) in [5, 5.41) is 6.84. The van der Waals surface area contributed by atoms with Crippen molar-refractivity contribution in [3.05, 3.63) is 28.1 Å². The smallest absolute Gasteiger partial charge is 0.409 e. The summed E-state index contributed by atoms with van der Waals surface area (Å²) in [5.74, 6) is -0.251. The Balaban J connectivity index is 1.71. The van der Waals surface area contributed by atoms with Crippen molar-refractivity contribution in [1.82, 2.24) is 15.0 Å². The first kappa shape index (κ1) is 14.5. The minimum absolute atomic E-state index is 0.141. The van der Waals surface area contributed by atoms with E-state index < -0.39 is 5.91 Å². The van der Waals surface area contributed by atoms with Gasteiger partial charge in [-0.2, -0.15) is 0 Å². The fourth-order valence-electron chi connectivity index (χ4n) is 2.16. The van der Waals surface area contributed by atoms with Crippen LogP contribution in [-0.4, -0.2) is 40.7 Å². The van der Waals surface area contributed by atoms with E-state index in [9.17, 15) is 9.59 Å². The fraction of sp³-hybridized carbons (Fsp3) is 0.385. The third-order valence-electron chi connectivity index (χ3n) is 3.24. The van der Waals surface area contributed by atoms with E-state index in [0.717, 1.165) is 10.6 Å². The number of thiazole rings is 1. The van der Waals surface area contributed by atoms with Gasteiger partial charge < -0.3 is 14.2 Å². The van der Waals surface area contributed by atoms with Crippen LogP contribution in [0.3, 0.4) is 0 Å². The zero-order valence-corrected chi connectivity index (χ0v) is 12.9. The number of aryl methyl sites for hydroxylation is 1. The number of carbonyl (C=O) groups is 2. The van der Waals surface area contributed by atoms with Gasteiger partial charge in [0.25, 0.3) is 5.91 Å². The second-order valence-corrected chi connectivity index (χ2v) is 5.90. The Hall–Kier alpha value is -2.42. The van der Waals surface area contributed by atoms with E-state index in [4.69, 9.17) is 9.26 Å². The van der Waals surface area contributed by atoms with Gasteiger partial charge in [-0.15, -0.1) is 0 Å². The average molecular weight is 322 g/mol. The van der Waals surface area contributed by atoms with Gasteiger partial charge in [0.15, 0.2) is 5.13 Å². The molecule has 0 saturated heterocycles. The van der Waals surface area contributed by atoms with Crippen LogP contribution in [0.5, 0.6) is 0 Å². The van der Waals surface area contributed by atoms with Gasteiger partial charge in [0.05, 0.1) is 25.0 Å². The standard InChI is InChI=1S/C13H14N4O4S/c1-7-5-9(21-16-7)11(18)15-12-14-8-3-4-17(13(19)20-2)6-10(8)22-12/h5H,3-4,6H2,1-2H3,(H,14,15,18). The zero-order valence-electron chi connectivity index (χ0n) is 12.1. The summed E-state index contributed by atoms with van der Waals surface area (Å²) in [6, 6.07) is 1.56. The summed E-state index contributed by atoms with van der Waals surface area (Å²) >= 11 is 1.34. The molecule has 0 radical (unpaired) electrons. The number of carbonyl (C=O) groups excluding carboxylic acids is 2. The van der Waals surface area contributed by atoms with E-state index >= 15 is 0 Å². The van der Waals surface area contributed by atoms with Crippen molar-refractivity contribution in [3.8, 4) is 0 Å². The van der Waals surface area contributed by atoms with E-state index in [1.54, 1.807) is 17.9 Å². The van der Waals surface area contributed by atoms with Crippen LogP contribution in [0.15, 0.2) is 10.6 Å². The first-order chi connectivity index (χ1) is 10.6. The van der Waals surface area contributed by atoms with Gasteiger partial charge >= 0.3 is 6.09 Å². The number of nitrogens with one attached hydrogen (secondary N) is 1. The highest BCUT2D eigenvalue weighted by Gasteiger charge is 2.25. The van der Waals surface area contributed by atoms with E-state index in [0.29, 0.717) is 30.3 Å². The third-order valence-corrected chi connectivity index (χ3v) is 4.23. The molecule has 0 saturated carbocycles. The van der Waals surface area contributed by atoms with E-state index in [2.05, 4.69) is 15.5 Å². The number of methoxy groups -OCH3 is 1. The molecule has 3 rings (SSSR count). The quantitative estimate of drug-likeness (QED) is 0.905. The van der Waals surface area contributed by atoms with Gasteiger partial charge in [0.2, 0.25) is 5.76 Å². The van der Waals surface area contributed by atoms with Crippen molar-refractivity contribution in [2.24, 2.45) is 0 Å². The molecule has 0 atom stereocenters. The van der Waals surface area contributed by atoms with Crippen LogP contribution in [0.4, 0.5) is 9.93 Å². The molecule has 1 aliphatic heterocycles. The molecule has 1 aliphatic rings. The molecule has 2 amide bonds. The summed E-state index contributed by atoms with van der Waals surface area (Å²) in [6.45, 7) is 2.73. The molecule has 22 heavy (non-hydrogen) atoms. The molecule has 0 fully saturated rings. The molecule has 9 heteroatoms. The summed E-state index contributed by atoms with van der Waals surface area (Å²) in [4.78, 5) is 30.5. The predicted octanol–water partition coefficient (Wildman–Crippen LogP) is 1.82. The number of amides is 2. The molecule has 2 aromatic rings. The molecule has 0 spiro atoms. The van der Waals surface area contributed by atoms with Gasteiger partial charge in [0, 0.05) is 23.9 Å². The van der Waals surface area contributed by atoms with Gasteiger partial charge in [0.1, 0.15) is 0 Å². The number of nitrogens with zero attached hydrogens (tertiary/aromatic N) is 3. The monoisotopic (exact) mass is 322 g/mol. The third kappa shape index (κ3) is 2.80. The Bertz CT molecular complexity index is 723. The van der Waals surface area contributed by atoms with E-state index in [1.807, 2.05) is 0 Å². The predicted molar refractivity (Wildman–Crippen MR) is 77.8 cm³/mol. The number of hydrogen-bond acceptors (Lipinski definition) is 7. The Morgan fingerprint density at radius 3 is 3.00 bits per heavy atom. The van der Waals surface area contributed by atoms with E-state index in [-0.39, 0.29) is 11.9 Å². The average Bonchev–Trinajstić information content (AvgIpc) is 3.11. The molecule has 1 N–H and O–H groups in total. The molecule has 0 unspecified atom stereocenters. The fourth-order valence-corrected chi connectivity index (χ4v) is 3.18. The topological polar surface area (TPSA) is 97.6 Å². The van der Waals surface area contributed by atoms with Crippen molar-refractivity contribution in [1.29, 1.82) is 0 Å². The molecular weight excluding hydrogens is 308 g/mol. The minimum Gasteiger partial charge on any atom is -0.453 e. The van der Waals surface area contributed by atoms with Crippen LogP contribution < -0.4 is 5.32 Å². The van der Waals surface area contributed by atoms with Crippen LogP contribution in [0, 0.1) is 6.92 Å². The van der Waals surface area contributed by atoms with Crippen LogP contribution in [0.1, 0.15) is 26.8 Å².